The number of nitrogens with zero attached hydrogens (tertiary/aromatic N) is 6. The Morgan fingerprint density at radius 1 is 1.23 bits per heavy atom. The average Bonchev–Trinajstić information content (AvgIpc) is 3.60. The van der Waals surface area contributed by atoms with Crippen molar-refractivity contribution in [2.45, 2.75) is 70.1 Å². The minimum atomic E-state index is -0.218. The molecule has 3 aromatic rings. The lowest BCUT2D eigenvalue weighted by Gasteiger charge is -2.25. The molecule has 2 N–H and O–H groups in total. The first kappa shape index (κ1) is 23.7. The molecule has 0 unspecified atom stereocenters. The third kappa shape index (κ3) is 5.18. The summed E-state index contributed by atoms with van der Waals surface area (Å²) in [6.07, 6.45) is 11.0. The number of rotatable bonds is 8. The van der Waals surface area contributed by atoms with Gasteiger partial charge in [-0.05, 0) is 51.5 Å². The van der Waals surface area contributed by atoms with Crippen molar-refractivity contribution in [3.63, 3.8) is 0 Å². The van der Waals surface area contributed by atoms with Gasteiger partial charge in [-0.3, -0.25) is 9.48 Å². The van der Waals surface area contributed by atoms with E-state index in [1.54, 1.807) is 11.8 Å². The number of methoxy groups -OCH3 is 1. The molecule has 0 radical (unpaired) electrons. The summed E-state index contributed by atoms with van der Waals surface area (Å²) in [5.74, 6) is 0.975. The fourth-order valence-corrected chi connectivity index (χ4v) is 5.28. The van der Waals surface area contributed by atoms with E-state index in [-0.39, 0.29) is 24.6 Å². The molecule has 1 atom stereocenters. The maximum Gasteiger partial charge on any atom is 0.244 e. The molecule has 1 saturated heterocycles. The minimum absolute atomic E-state index is 0.0761. The first-order valence-electron chi connectivity index (χ1n) is 12.6. The molecule has 3 aromatic heterocycles. The van der Waals surface area contributed by atoms with Gasteiger partial charge in [0.1, 0.15) is 6.54 Å². The van der Waals surface area contributed by atoms with E-state index in [0.717, 1.165) is 74.0 Å². The van der Waals surface area contributed by atoms with E-state index in [1.165, 1.54) is 0 Å². The SMILES string of the molecule is COC[C@H](C)Nc1ncc2c(-c3cnn(CC(=O)N4CCCC4)c3)cc([C@H]3CC[C@H](O)CC3)n2n1. The maximum absolute atomic E-state index is 12.6. The molecule has 2 fully saturated rings. The quantitative estimate of drug-likeness (QED) is 0.509. The van der Waals surface area contributed by atoms with Crippen LogP contribution >= 0.6 is 0 Å². The highest BCUT2D eigenvalue weighted by molar-refractivity contribution is 5.81. The van der Waals surface area contributed by atoms with Crippen molar-refractivity contribution in [2.75, 3.05) is 32.1 Å². The number of carbonyl (C=O) groups excluding carboxylic acids is 1. The number of fused-ring (bicyclic) bond motifs is 1. The first-order chi connectivity index (χ1) is 17.0. The van der Waals surface area contributed by atoms with Crippen molar-refractivity contribution >= 4 is 17.4 Å². The van der Waals surface area contributed by atoms with Gasteiger partial charge in [0, 0.05) is 55.2 Å². The first-order valence-corrected chi connectivity index (χ1v) is 12.6. The molecule has 1 aliphatic carbocycles. The molecular formula is C25H35N7O3. The molecule has 4 heterocycles. The van der Waals surface area contributed by atoms with Crippen LogP contribution in [0.1, 0.15) is 57.1 Å². The van der Waals surface area contributed by atoms with Crippen LogP contribution in [0.15, 0.2) is 24.7 Å². The molecule has 188 valence electrons. The number of anilines is 1. The third-order valence-corrected chi connectivity index (χ3v) is 7.15. The van der Waals surface area contributed by atoms with Crippen molar-refractivity contribution in [3.05, 3.63) is 30.4 Å². The Bertz CT molecular complexity index is 1160. The highest BCUT2D eigenvalue weighted by atomic mass is 16.5. The van der Waals surface area contributed by atoms with E-state index in [0.29, 0.717) is 18.5 Å². The number of nitrogens with one attached hydrogen (secondary N) is 1. The molecule has 2 aliphatic rings. The monoisotopic (exact) mass is 481 g/mol. The number of hydrogen-bond donors (Lipinski definition) is 2. The zero-order chi connectivity index (χ0) is 24.4. The molecule has 0 bridgehead atoms. The molecule has 10 nitrogen and oxygen atoms in total. The summed E-state index contributed by atoms with van der Waals surface area (Å²) in [5, 5.41) is 22.6. The minimum Gasteiger partial charge on any atom is -0.393 e. The summed E-state index contributed by atoms with van der Waals surface area (Å²) >= 11 is 0. The smallest absolute Gasteiger partial charge is 0.244 e. The van der Waals surface area contributed by atoms with Gasteiger partial charge in [-0.1, -0.05) is 0 Å². The van der Waals surface area contributed by atoms with Crippen molar-refractivity contribution in [2.24, 2.45) is 0 Å². The Balaban J connectivity index is 1.45. The van der Waals surface area contributed by atoms with Crippen molar-refractivity contribution in [1.29, 1.82) is 0 Å². The summed E-state index contributed by atoms with van der Waals surface area (Å²) in [4.78, 5) is 19.1. The Kier molecular flexibility index (Phi) is 7.01. The maximum atomic E-state index is 12.6. The van der Waals surface area contributed by atoms with Gasteiger partial charge in [0.05, 0.1) is 30.6 Å². The molecule has 35 heavy (non-hydrogen) atoms. The number of aliphatic hydroxyl groups is 1. The second-order valence-electron chi connectivity index (χ2n) is 9.88. The number of carbonyl (C=O) groups is 1. The van der Waals surface area contributed by atoms with Crippen LogP contribution in [0.5, 0.6) is 0 Å². The molecule has 0 aromatic carbocycles. The van der Waals surface area contributed by atoms with Gasteiger partial charge in [-0.2, -0.15) is 5.10 Å². The van der Waals surface area contributed by atoms with Crippen molar-refractivity contribution in [3.8, 4) is 11.1 Å². The van der Waals surface area contributed by atoms with Gasteiger partial charge in [0.25, 0.3) is 0 Å². The highest BCUT2D eigenvalue weighted by Crippen LogP contribution is 2.37. The number of ether oxygens (including phenoxy) is 1. The molecular weight excluding hydrogens is 446 g/mol. The standard InChI is InChI=1S/C25H35N7O3/c1-17(16-35-2)28-25-26-13-23-21(11-22(32(23)29-25)18-5-7-20(33)8-6-18)19-12-27-31(14-19)15-24(34)30-9-3-4-10-30/h11-14,17-18,20,33H,3-10,15-16H2,1-2H3,(H,28,29)/t17-,18-,20-/m0/s1. The van der Waals surface area contributed by atoms with Crippen LogP contribution in [0.4, 0.5) is 5.95 Å². The van der Waals surface area contributed by atoms with Gasteiger partial charge < -0.3 is 20.1 Å². The second-order valence-corrected chi connectivity index (χ2v) is 9.88. The van der Waals surface area contributed by atoms with Crippen LogP contribution in [0, 0.1) is 0 Å². The topological polar surface area (TPSA) is 110 Å². The molecule has 1 saturated carbocycles. The van der Waals surface area contributed by atoms with Gasteiger partial charge >= 0.3 is 0 Å². The van der Waals surface area contributed by atoms with E-state index in [1.807, 2.05) is 34.9 Å². The summed E-state index contributed by atoms with van der Waals surface area (Å²) in [5.41, 5.74) is 3.97. The number of aliphatic hydroxyl groups excluding tert-OH is 1. The molecule has 10 heteroatoms. The van der Waals surface area contributed by atoms with Gasteiger partial charge in [0.15, 0.2) is 0 Å². The van der Waals surface area contributed by atoms with Crippen molar-refractivity contribution < 1.29 is 14.6 Å². The van der Waals surface area contributed by atoms with Gasteiger partial charge in [-0.15, -0.1) is 5.10 Å². The Morgan fingerprint density at radius 2 is 2.00 bits per heavy atom. The molecule has 1 aliphatic heterocycles. The molecule has 5 rings (SSSR count). The predicted molar refractivity (Wildman–Crippen MR) is 132 cm³/mol. The number of aromatic nitrogens is 5. The summed E-state index contributed by atoms with van der Waals surface area (Å²) in [7, 11) is 1.68. The van der Waals surface area contributed by atoms with Gasteiger partial charge in [-0.25, -0.2) is 9.50 Å². The van der Waals surface area contributed by atoms with E-state index >= 15 is 0 Å². The largest absolute Gasteiger partial charge is 0.393 e. The lowest BCUT2D eigenvalue weighted by Crippen LogP contribution is -2.31. The summed E-state index contributed by atoms with van der Waals surface area (Å²) in [6, 6.07) is 2.26. The zero-order valence-corrected chi connectivity index (χ0v) is 20.6. The average molecular weight is 482 g/mol. The van der Waals surface area contributed by atoms with Crippen LogP contribution < -0.4 is 5.32 Å². The lowest BCUT2D eigenvalue weighted by atomic mass is 9.85. The zero-order valence-electron chi connectivity index (χ0n) is 20.6. The van der Waals surface area contributed by atoms with Crippen LogP contribution in [-0.4, -0.2) is 79.2 Å². The van der Waals surface area contributed by atoms with Crippen molar-refractivity contribution in [1.82, 2.24) is 29.3 Å². The van der Waals surface area contributed by atoms with Crippen LogP contribution in [-0.2, 0) is 16.1 Å². The normalized spacial score (nSPS) is 21.5. The fourth-order valence-electron chi connectivity index (χ4n) is 5.28. The predicted octanol–water partition coefficient (Wildman–Crippen LogP) is 2.68. The Morgan fingerprint density at radius 3 is 2.74 bits per heavy atom. The van der Waals surface area contributed by atoms with E-state index < -0.39 is 0 Å². The Labute approximate surface area is 205 Å². The van der Waals surface area contributed by atoms with Crippen LogP contribution in [0.2, 0.25) is 0 Å². The van der Waals surface area contributed by atoms with E-state index in [9.17, 15) is 9.90 Å². The van der Waals surface area contributed by atoms with E-state index in [2.05, 4.69) is 21.5 Å². The molecule has 1 amide bonds. The fraction of sp³-hybridized carbons (Fsp3) is 0.600. The van der Waals surface area contributed by atoms with Crippen LogP contribution in [0.25, 0.3) is 16.6 Å². The summed E-state index contributed by atoms with van der Waals surface area (Å²) < 4.78 is 8.94. The summed E-state index contributed by atoms with van der Waals surface area (Å²) in [6.45, 7) is 4.52. The number of hydrogen-bond acceptors (Lipinski definition) is 7. The third-order valence-electron chi connectivity index (χ3n) is 7.15. The Hall–Kier alpha value is -2.98. The number of amides is 1. The highest BCUT2D eigenvalue weighted by Gasteiger charge is 2.26. The number of likely N-dealkylation sites (tertiary alicyclic amines) is 1. The lowest BCUT2D eigenvalue weighted by molar-refractivity contribution is -0.130. The van der Waals surface area contributed by atoms with Gasteiger partial charge in [0.2, 0.25) is 11.9 Å². The second kappa shape index (κ2) is 10.3. The van der Waals surface area contributed by atoms with E-state index in [4.69, 9.17) is 9.84 Å². The van der Waals surface area contributed by atoms with Crippen LogP contribution in [0.3, 0.4) is 0 Å². The molecule has 0 spiro atoms.